The number of aromatic amines is 1. The summed E-state index contributed by atoms with van der Waals surface area (Å²) >= 11 is 0. The number of amides is 1. The van der Waals surface area contributed by atoms with Crippen LogP contribution in [-0.2, 0) is 11.3 Å². The van der Waals surface area contributed by atoms with Gasteiger partial charge in [-0.3, -0.25) is 9.48 Å². The lowest BCUT2D eigenvalue weighted by Crippen LogP contribution is -2.36. The lowest BCUT2D eigenvalue weighted by Gasteiger charge is -2.28. The van der Waals surface area contributed by atoms with Crippen molar-refractivity contribution in [3.63, 3.8) is 0 Å². The number of benzene rings is 1. The first-order valence-corrected chi connectivity index (χ1v) is 11.2. The number of aryl methyl sites for hydroxylation is 2. The van der Waals surface area contributed by atoms with Crippen LogP contribution < -0.4 is 4.74 Å². The molecule has 0 atom stereocenters. The molecule has 34 heavy (non-hydrogen) atoms. The summed E-state index contributed by atoms with van der Waals surface area (Å²) in [6, 6.07) is 7.53. The SMILES string of the molecule is COc1ncccc1-c1cc(C2=CCCN(C(=O)CCn3ccnn3)C2)c(F)c2[nH]c(C)cc12. The highest BCUT2D eigenvalue weighted by atomic mass is 19.1. The Morgan fingerprint density at radius 2 is 2.12 bits per heavy atom. The van der Waals surface area contributed by atoms with Crippen molar-refractivity contribution < 1.29 is 13.9 Å². The Kier molecular flexibility index (Phi) is 5.83. The van der Waals surface area contributed by atoms with Gasteiger partial charge in [0.2, 0.25) is 11.8 Å². The van der Waals surface area contributed by atoms with Gasteiger partial charge in [-0.05, 0) is 48.7 Å². The molecule has 0 fully saturated rings. The number of halogens is 1. The number of carbonyl (C=O) groups excluding carboxylic acids is 1. The Bertz CT molecular complexity index is 1380. The third kappa shape index (κ3) is 4.05. The fourth-order valence-corrected chi connectivity index (χ4v) is 4.48. The maximum atomic E-state index is 15.8. The van der Waals surface area contributed by atoms with E-state index >= 15 is 4.39 Å². The van der Waals surface area contributed by atoms with Gasteiger partial charge >= 0.3 is 0 Å². The summed E-state index contributed by atoms with van der Waals surface area (Å²) in [4.78, 5) is 22.1. The third-order valence-electron chi connectivity index (χ3n) is 6.12. The molecule has 0 saturated carbocycles. The van der Waals surface area contributed by atoms with Crippen molar-refractivity contribution in [2.24, 2.45) is 0 Å². The molecule has 0 saturated heterocycles. The van der Waals surface area contributed by atoms with Gasteiger partial charge in [-0.25, -0.2) is 9.37 Å². The molecular weight excluding hydrogens is 435 g/mol. The van der Waals surface area contributed by atoms with Crippen molar-refractivity contribution in [3.05, 3.63) is 66.0 Å². The van der Waals surface area contributed by atoms with E-state index in [4.69, 9.17) is 4.74 Å². The Morgan fingerprint density at radius 3 is 2.91 bits per heavy atom. The minimum Gasteiger partial charge on any atom is -0.481 e. The number of carbonyl (C=O) groups is 1. The molecule has 0 radical (unpaired) electrons. The van der Waals surface area contributed by atoms with E-state index in [1.165, 1.54) is 0 Å². The highest BCUT2D eigenvalue weighted by molar-refractivity contribution is 6.00. The first-order chi connectivity index (χ1) is 16.5. The summed E-state index contributed by atoms with van der Waals surface area (Å²) < 4.78 is 22.9. The molecule has 1 N–H and O–H groups in total. The van der Waals surface area contributed by atoms with Gasteiger partial charge in [-0.2, -0.15) is 0 Å². The molecule has 0 aliphatic carbocycles. The zero-order valence-electron chi connectivity index (χ0n) is 19.1. The van der Waals surface area contributed by atoms with Gasteiger partial charge in [0, 0.05) is 54.1 Å². The number of rotatable bonds is 6. The van der Waals surface area contributed by atoms with Crippen LogP contribution in [0.4, 0.5) is 4.39 Å². The molecule has 0 bridgehead atoms. The minimum absolute atomic E-state index is 0.00690. The zero-order valence-corrected chi connectivity index (χ0v) is 19.1. The van der Waals surface area contributed by atoms with Crippen molar-refractivity contribution in [2.75, 3.05) is 20.2 Å². The van der Waals surface area contributed by atoms with Crippen LogP contribution in [0.1, 0.15) is 24.1 Å². The number of methoxy groups -OCH3 is 1. The fourth-order valence-electron chi connectivity index (χ4n) is 4.48. The third-order valence-corrected chi connectivity index (χ3v) is 6.12. The van der Waals surface area contributed by atoms with E-state index in [1.807, 2.05) is 37.3 Å². The average molecular weight is 461 g/mol. The van der Waals surface area contributed by atoms with Crippen molar-refractivity contribution in [1.29, 1.82) is 0 Å². The molecular formula is C25H25FN6O2. The zero-order chi connectivity index (χ0) is 23.7. The van der Waals surface area contributed by atoms with E-state index in [2.05, 4.69) is 20.3 Å². The second-order valence-corrected chi connectivity index (χ2v) is 8.34. The van der Waals surface area contributed by atoms with E-state index in [1.54, 1.807) is 35.3 Å². The topological polar surface area (TPSA) is 88.9 Å². The number of pyridine rings is 1. The van der Waals surface area contributed by atoms with Gasteiger partial charge in [-0.15, -0.1) is 5.10 Å². The molecule has 1 aliphatic heterocycles. The van der Waals surface area contributed by atoms with Gasteiger partial charge < -0.3 is 14.6 Å². The van der Waals surface area contributed by atoms with Crippen molar-refractivity contribution >= 4 is 22.4 Å². The van der Waals surface area contributed by atoms with Gasteiger partial charge in [0.15, 0.2) is 5.82 Å². The van der Waals surface area contributed by atoms with Crippen molar-refractivity contribution in [3.8, 4) is 17.0 Å². The number of H-pyrrole nitrogens is 1. The van der Waals surface area contributed by atoms with Crippen molar-refractivity contribution in [1.82, 2.24) is 29.9 Å². The molecule has 174 valence electrons. The van der Waals surface area contributed by atoms with E-state index in [9.17, 15) is 4.79 Å². The van der Waals surface area contributed by atoms with E-state index < -0.39 is 0 Å². The first-order valence-electron chi connectivity index (χ1n) is 11.2. The fraction of sp³-hybridized carbons (Fsp3) is 0.280. The summed E-state index contributed by atoms with van der Waals surface area (Å²) in [6.07, 6.45) is 7.97. The molecule has 8 nitrogen and oxygen atoms in total. The molecule has 0 unspecified atom stereocenters. The van der Waals surface area contributed by atoms with Crippen LogP contribution in [0.3, 0.4) is 0 Å². The highest BCUT2D eigenvalue weighted by Crippen LogP contribution is 2.39. The molecule has 1 aromatic carbocycles. The van der Waals surface area contributed by atoms with E-state index in [0.29, 0.717) is 49.4 Å². The predicted octanol–water partition coefficient (Wildman–Crippen LogP) is 3.98. The van der Waals surface area contributed by atoms with Gasteiger partial charge in [0.05, 0.1) is 25.4 Å². The summed E-state index contributed by atoms with van der Waals surface area (Å²) in [7, 11) is 1.57. The van der Waals surface area contributed by atoms with Crippen LogP contribution in [-0.4, -0.2) is 56.0 Å². The molecule has 9 heteroatoms. The number of hydrogen-bond acceptors (Lipinski definition) is 5. The summed E-state index contributed by atoms with van der Waals surface area (Å²) in [5, 5.41) is 8.44. The van der Waals surface area contributed by atoms with E-state index in [0.717, 1.165) is 27.8 Å². The minimum atomic E-state index is -0.321. The van der Waals surface area contributed by atoms with Gasteiger partial charge in [0.25, 0.3) is 0 Å². The standard InChI is InChI=1S/C25H25FN6O2/c1-16-13-21-20(18-6-3-8-27-25(18)34-2)14-19(23(26)24(21)29-16)17-5-4-10-31(15-17)22(33)7-11-32-12-9-28-30-32/h3,5-6,8-9,12-14,29H,4,7,10-11,15H2,1-2H3. The van der Waals surface area contributed by atoms with Crippen LogP contribution in [0.5, 0.6) is 5.88 Å². The second-order valence-electron chi connectivity index (χ2n) is 8.34. The molecule has 4 aromatic rings. The number of hydrogen-bond donors (Lipinski definition) is 1. The van der Waals surface area contributed by atoms with Crippen LogP contribution in [0.25, 0.3) is 27.6 Å². The Hall–Kier alpha value is -4.01. The molecule has 0 spiro atoms. The first kappa shape index (κ1) is 21.8. The summed E-state index contributed by atoms with van der Waals surface area (Å²) in [5.74, 6) is 0.160. The maximum Gasteiger partial charge on any atom is 0.224 e. The summed E-state index contributed by atoms with van der Waals surface area (Å²) in [5.41, 5.74) is 4.17. The van der Waals surface area contributed by atoms with Gasteiger partial charge in [-0.1, -0.05) is 11.3 Å². The molecule has 1 amide bonds. The maximum absolute atomic E-state index is 15.8. The Labute approximate surface area is 196 Å². The molecule has 5 rings (SSSR count). The molecule has 4 heterocycles. The Morgan fingerprint density at radius 1 is 1.24 bits per heavy atom. The van der Waals surface area contributed by atoms with Crippen LogP contribution in [0.2, 0.25) is 0 Å². The molecule has 1 aliphatic rings. The lowest BCUT2D eigenvalue weighted by molar-refractivity contribution is -0.131. The molecule has 3 aromatic heterocycles. The average Bonchev–Trinajstić information content (AvgIpc) is 3.53. The summed E-state index contributed by atoms with van der Waals surface area (Å²) in [6.45, 7) is 3.32. The number of nitrogens with zero attached hydrogens (tertiary/aromatic N) is 5. The quantitative estimate of drug-likeness (QED) is 0.470. The van der Waals surface area contributed by atoms with Crippen molar-refractivity contribution in [2.45, 2.75) is 26.3 Å². The van der Waals surface area contributed by atoms with Crippen LogP contribution >= 0.6 is 0 Å². The smallest absolute Gasteiger partial charge is 0.224 e. The number of nitrogens with one attached hydrogen (secondary N) is 1. The van der Waals surface area contributed by atoms with Gasteiger partial charge in [0.1, 0.15) is 0 Å². The Balaban J connectivity index is 1.50. The monoisotopic (exact) mass is 460 g/mol. The van der Waals surface area contributed by atoms with Crippen LogP contribution in [0.15, 0.2) is 48.9 Å². The largest absolute Gasteiger partial charge is 0.481 e. The predicted molar refractivity (Wildman–Crippen MR) is 127 cm³/mol. The highest BCUT2D eigenvalue weighted by Gasteiger charge is 2.24. The lowest BCUT2D eigenvalue weighted by atomic mass is 9.93. The number of fused-ring (bicyclic) bond motifs is 1. The number of aromatic nitrogens is 5. The normalized spacial score (nSPS) is 13.9. The number of ether oxygens (including phenoxy) is 1. The van der Waals surface area contributed by atoms with Crippen LogP contribution in [0, 0.1) is 12.7 Å². The second kappa shape index (κ2) is 9.09. The van der Waals surface area contributed by atoms with E-state index in [-0.39, 0.29) is 11.7 Å².